The molecule has 3 aromatic rings. The largest absolute Gasteiger partial charge is 0.348 e. The summed E-state index contributed by atoms with van der Waals surface area (Å²) in [5, 5.41) is 3.38. The number of sulfonamides is 1. The molecule has 0 unspecified atom stereocenters. The van der Waals surface area contributed by atoms with Crippen molar-refractivity contribution in [2.24, 2.45) is 0 Å². The lowest BCUT2D eigenvalue weighted by Gasteiger charge is -2.12. The van der Waals surface area contributed by atoms with Gasteiger partial charge in [0.05, 0.1) is 5.02 Å². The van der Waals surface area contributed by atoms with Crippen molar-refractivity contribution in [2.45, 2.75) is 18.4 Å². The van der Waals surface area contributed by atoms with E-state index in [4.69, 9.17) is 23.2 Å². The molecule has 0 spiro atoms. The molecular formula is C21H18Cl2N2O3S. The van der Waals surface area contributed by atoms with Gasteiger partial charge in [-0.15, -0.1) is 0 Å². The van der Waals surface area contributed by atoms with Crippen molar-refractivity contribution < 1.29 is 13.2 Å². The number of carbonyl (C=O) groups is 1. The van der Waals surface area contributed by atoms with Crippen LogP contribution in [0.1, 0.15) is 21.5 Å². The molecule has 0 aromatic heterocycles. The first kappa shape index (κ1) is 21.2. The van der Waals surface area contributed by atoms with Gasteiger partial charge in [0.25, 0.3) is 15.9 Å². The molecule has 0 atom stereocenters. The third-order valence-corrected chi connectivity index (χ3v) is 6.23. The minimum absolute atomic E-state index is 0.0272. The Labute approximate surface area is 179 Å². The van der Waals surface area contributed by atoms with Gasteiger partial charge in [0, 0.05) is 22.8 Å². The first-order valence-electron chi connectivity index (χ1n) is 8.66. The second-order valence-corrected chi connectivity index (χ2v) is 8.92. The minimum Gasteiger partial charge on any atom is -0.348 e. The van der Waals surface area contributed by atoms with E-state index in [0.717, 1.165) is 11.1 Å². The first-order valence-corrected chi connectivity index (χ1v) is 10.9. The van der Waals surface area contributed by atoms with Gasteiger partial charge in [-0.25, -0.2) is 8.42 Å². The summed E-state index contributed by atoms with van der Waals surface area (Å²) in [5.74, 6) is -0.413. The fourth-order valence-corrected chi connectivity index (χ4v) is 4.36. The van der Waals surface area contributed by atoms with Crippen molar-refractivity contribution in [3.63, 3.8) is 0 Å². The molecule has 0 radical (unpaired) electrons. The molecule has 5 nitrogen and oxygen atoms in total. The Morgan fingerprint density at radius 2 is 1.69 bits per heavy atom. The molecule has 2 N–H and O–H groups in total. The van der Waals surface area contributed by atoms with E-state index in [2.05, 4.69) is 10.0 Å². The van der Waals surface area contributed by atoms with Crippen LogP contribution in [0.15, 0.2) is 71.6 Å². The van der Waals surface area contributed by atoms with E-state index in [1.165, 1.54) is 18.2 Å². The predicted octanol–water partition coefficient (Wildman–Crippen LogP) is 5.03. The van der Waals surface area contributed by atoms with Gasteiger partial charge in [-0.2, -0.15) is 0 Å². The minimum atomic E-state index is -3.97. The SMILES string of the molecule is Cc1cccc(NS(=O)(=O)c2cc(C(=O)NCc3ccc(Cl)cc3)ccc2Cl)c1. The Kier molecular flexibility index (Phi) is 6.47. The van der Waals surface area contributed by atoms with Crippen molar-refractivity contribution in [3.8, 4) is 0 Å². The molecule has 0 aliphatic carbocycles. The first-order chi connectivity index (χ1) is 13.7. The Bertz CT molecular complexity index is 1150. The van der Waals surface area contributed by atoms with Gasteiger partial charge in [0.2, 0.25) is 0 Å². The van der Waals surface area contributed by atoms with E-state index < -0.39 is 15.9 Å². The Morgan fingerprint density at radius 1 is 0.966 bits per heavy atom. The molecule has 1 amide bonds. The number of benzene rings is 3. The monoisotopic (exact) mass is 448 g/mol. The number of aryl methyl sites for hydroxylation is 1. The van der Waals surface area contributed by atoms with Gasteiger partial charge in [0.1, 0.15) is 4.90 Å². The van der Waals surface area contributed by atoms with Gasteiger partial charge >= 0.3 is 0 Å². The van der Waals surface area contributed by atoms with Crippen LogP contribution < -0.4 is 10.0 Å². The molecule has 150 valence electrons. The van der Waals surface area contributed by atoms with Crippen molar-refractivity contribution in [1.82, 2.24) is 5.32 Å². The zero-order valence-corrected chi connectivity index (χ0v) is 17.8. The van der Waals surface area contributed by atoms with E-state index in [-0.39, 0.29) is 22.0 Å². The average molecular weight is 449 g/mol. The van der Waals surface area contributed by atoms with Gasteiger partial charge in [0.15, 0.2) is 0 Å². The standard InChI is InChI=1S/C21H18Cl2N2O3S/c1-14-3-2-4-18(11-14)25-29(27,28)20-12-16(7-10-19(20)23)21(26)24-13-15-5-8-17(22)9-6-15/h2-12,25H,13H2,1H3,(H,24,26). The van der Waals surface area contributed by atoms with Gasteiger partial charge in [-0.3, -0.25) is 9.52 Å². The van der Waals surface area contributed by atoms with Crippen LogP contribution in [0.3, 0.4) is 0 Å². The highest BCUT2D eigenvalue weighted by Crippen LogP contribution is 2.25. The molecule has 0 fully saturated rings. The smallest absolute Gasteiger partial charge is 0.263 e. The Hall–Kier alpha value is -2.54. The summed E-state index contributed by atoms with van der Waals surface area (Å²) in [7, 11) is -3.97. The average Bonchev–Trinajstić information content (AvgIpc) is 2.67. The molecule has 3 rings (SSSR count). The number of hydrogen-bond donors (Lipinski definition) is 2. The van der Waals surface area contributed by atoms with Crippen molar-refractivity contribution in [2.75, 3.05) is 4.72 Å². The van der Waals surface area contributed by atoms with Crippen LogP contribution in [0.2, 0.25) is 10.0 Å². The molecule has 29 heavy (non-hydrogen) atoms. The summed E-state index contributed by atoms with van der Waals surface area (Å²) < 4.78 is 28.0. The van der Waals surface area contributed by atoms with Crippen LogP contribution in [0.25, 0.3) is 0 Å². The van der Waals surface area contributed by atoms with E-state index in [0.29, 0.717) is 10.7 Å². The highest BCUT2D eigenvalue weighted by Gasteiger charge is 2.20. The number of hydrogen-bond acceptors (Lipinski definition) is 3. The molecule has 0 heterocycles. The van der Waals surface area contributed by atoms with Crippen LogP contribution in [-0.4, -0.2) is 14.3 Å². The molecule has 3 aromatic carbocycles. The molecule has 0 saturated heterocycles. The zero-order valence-electron chi connectivity index (χ0n) is 15.4. The summed E-state index contributed by atoms with van der Waals surface area (Å²) in [6, 6.07) is 18.1. The lowest BCUT2D eigenvalue weighted by atomic mass is 10.2. The second-order valence-electron chi connectivity index (χ2n) is 6.43. The summed E-state index contributed by atoms with van der Waals surface area (Å²) in [6.07, 6.45) is 0. The van der Waals surface area contributed by atoms with Crippen molar-refractivity contribution >= 4 is 44.8 Å². The number of amides is 1. The third kappa shape index (κ3) is 5.50. The number of anilines is 1. The summed E-state index contributed by atoms with van der Waals surface area (Å²) in [5.41, 5.74) is 2.38. The molecule has 0 aliphatic heterocycles. The number of nitrogens with one attached hydrogen (secondary N) is 2. The summed E-state index contributed by atoms with van der Waals surface area (Å²) in [6.45, 7) is 2.14. The maximum Gasteiger partial charge on any atom is 0.263 e. The predicted molar refractivity (Wildman–Crippen MR) is 116 cm³/mol. The second kappa shape index (κ2) is 8.86. The van der Waals surface area contributed by atoms with Crippen LogP contribution in [0.4, 0.5) is 5.69 Å². The quantitative estimate of drug-likeness (QED) is 0.554. The molecular weight excluding hydrogens is 431 g/mol. The summed E-state index contributed by atoms with van der Waals surface area (Å²) in [4.78, 5) is 12.3. The Morgan fingerprint density at radius 3 is 2.38 bits per heavy atom. The maximum absolute atomic E-state index is 12.8. The van der Waals surface area contributed by atoms with E-state index >= 15 is 0 Å². The lowest BCUT2D eigenvalue weighted by molar-refractivity contribution is 0.0950. The van der Waals surface area contributed by atoms with E-state index in [9.17, 15) is 13.2 Å². The molecule has 0 saturated carbocycles. The van der Waals surface area contributed by atoms with Gasteiger partial charge < -0.3 is 5.32 Å². The van der Waals surface area contributed by atoms with Crippen LogP contribution in [0.5, 0.6) is 0 Å². The van der Waals surface area contributed by atoms with Gasteiger partial charge in [-0.1, -0.05) is 47.5 Å². The van der Waals surface area contributed by atoms with E-state index in [1.807, 2.05) is 13.0 Å². The van der Waals surface area contributed by atoms with Crippen LogP contribution in [-0.2, 0) is 16.6 Å². The normalized spacial score (nSPS) is 11.1. The molecule has 0 aliphatic rings. The maximum atomic E-state index is 12.8. The fraction of sp³-hybridized carbons (Fsp3) is 0.0952. The zero-order chi connectivity index (χ0) is 21.0. The number of halogens is 2. The van der Waals surface area contributed by atoms with E-state index in [1.54, 1.807) is 42.5 Å². The number of carbonyl (C=O) groups excluding carboxylic acids is 1. The van der Waals surface area contributed by atoms with Crippen molar-refractivity contribution in [3.05, 3.63) is 93.5 Å². The molecule has 8 heteroatoms. The van der Waals surface area contributed by atoms with Crippen LogP contribution >= 0.6 is 23.2 Å². The van der Waals surface area contributed by atoms with Crippen molar-refractivity contribution in [1.29, 1.82) is 0 Å². The van der Waals surface area contributed by atoms with Crippen LogP contribution in [0, 0.1) is 6.92 Å². The Balaban J connectivity index is 1.79. The lowest BCUT2D eigenvalue weighted by Crippen LogP contribution is -2.23. The third-order valence-electron chi connectivity index (χ3n) is 4.12. The molecule has 0 bridgehead atoms. The highest BCUT2D eigenvalue weighted by atomic mass is 35.5. The highest BCUT2D eigenvalue weighted by molar-refractivity contribution is 7.92. The van der Waals surface area contributed by atoms with Gasteiger partial charge in [-0.05, 0) is 60.5 Å². The fourth-order valence-electron chi connectivity index (χ4n) is 2.66. The number of rotatable bonds is 6. The summed E-state index contributed by atoms with van der Waals surface area (Å²) >= 11 is 12.0. The topological polar surface area (TPSA) is 75.3 Å².